The Morgan fingerprint density at radius 2 is 1.71 bits per heavy atom. The van der Waals surface area contributed by atoms with Crippen molar-refractivity contribution in [2.24, 2.45) is 5.92 Å². The molecule has 1 spiro atoms. The van der Waals surface area contributed by atoms with Crippen LogP contribution in [-0.4, -0.2) is 104 Å². The Morgan fingerprint density at radius 1 is 1.00 bits per heavy atom. The fourth-order valence-corrected chi connectivity index (χ4v) is 11.1. The number of fused-ring (bicyclic) bond motifs is 1. The van der Waals surface area contributed by atoms with E-state index in [9.17, 15) is 29.2 Å². The van der Waals surface area contributed by atoms with Crippen molar-refractivity contribution in [3.05, 3.63) is 71.2 Å². The predicted molar refractivity (Wildman–Crippen MR) is 250 cm³/mol. The molecule has 4 aliphatic heterocycles. The second-order valence-corrected chi connectivity index (χ2v) is 22.9. The molecule has 9 rings (SSSR count). The first-order valence-corrected chi connectivity index (χ1v) is 23.8. The van der Waals surface area contributed by atoms with Gasteiger partial charge in [-0.15, -0.1) is 0 Å². The summed E-state index contributed by atoms with van der Waals surface area (Å²) in [5.41, 5.74) is 0.654. The van der Waals surface area contributed by atoms with Gasteiger partial charge >= 0.3 is 0 Å². The molecule has 6 aliphatic rings. The molecule has 3 saturated heterocycles. The fraction of sp³-hybridized carbons (Fsp3) is 0.477. The van der Waals surface area contributed by atoms with Crippen LogP contribution in [0.2, 0.25) is 0 Å². The van der Waals surface area contributed by atoms with Gasteiger partial charge in [-0.1, -0.05) is 0 Å². The predicted octanol–water partition coefficient (Wildman–Crippen LogP) is 6.30. The molecule has 2 saturated carbocycles. The van der Waals surface area contributed by atoms with Crippen molar-refractivity contribution in [2.45, 2.75) is 103 Å². The third kappa shape index (κ3) is 7.85. The lowest BCUT2D eigenvalue weighted by atomic mass is 9.75. The molecular formula is C44H44FI2N9O6S. The van der Waals surface area contributed by atoms with Crippen LogP contribution >= 0.6 is 57.4 Å². The monoisotopic (exact) mass is 1100 g/mol. The van der Waals surface area contributed by atoms with Gasteiger partial charge in [-0.25, -0.2) is 14.4 Å². The van der Waals surface area contributed by atoms with Crippen LogP contribution in [0, 0.1) is 17.2 Å². The highest BCUT2D eigenvalue weighted by molar-refractivity contribution is 14.2. The minimum atomic E-state index is -1.91. The zero-order chi connectivity index (χ0) is 44.5. The molecule has 2 aromatic heterocycles. The van der Waals surface area contributed by atoms with E-state index in [4.69, 9.17) is 21.9 Å². The summed E-state index contributed by atoms with van der Waals surface area (Å²) in [6, 6.07) is 11.9. The largest absolute Gasteiger partial charge is 0.490 e. The molecule has 1 atom stereocenters. The number of pyridine rings is 2. The topological polar surface area (TPSA) is 172 Å². The van der Waals surface area contributed by atoms with Crippen molar-refractivity contribution >= 4 is 109 Å². The first-order valence-electron chi connectivity index (χ1n) is 21.2. The lowest BCUT2D eigenvalue weighted by Crippen LogP contribution is -2.55. The molecule has 0 radical (unpaired) electrons. The number of aromatic nitrogens is 2. The number of amides is 5. The van der Waals surface area contributed by atoms with Crippen LogP contribution in [0.5, 0.6) is 5.75 Å². The van der Waals surface area contributed by atoms with E-state index >= 15 is 4.39 Å². The number of hydrogen-bond acceptors (Lipinski definition) is 12. The number of rotatable bonds is 11. The number of hydrogen-bond donors (Lipinski definition) is 1. The third-order valence-electron chi connectivity index (χ3n) is 13.4. The Labute approximate surface area is 396 Å². The number of nitrogens with one attached hydrogen (secondary N) is 1. The molecule has 0 bridgehead atoms. The maximum Gasteiger partial charge on any atom is 0.262 e. The number of carbonyl (C=O) groups is 5. The number of alkyl halides is 3. The zero-order valence-corrected chi connectivity index (χ0v) is 39.7. The number of benzene rings is 1. The van der Waals surface area contributed by atoms with Crippen molar-refractivity contribution in [2.75, 3.05) is 34.3 Å². The van der Waals surface area contributed by atoms with Crippen molar-refractivity contribution in [3.63, 3.8) is 0 Å². The Kier molecular flexibility index (Phi) is 11.7. The first kappa shape index (κ1) is 43.8. The molecule has 3 aromatic rings. The van der Waals surface area contributed by atoms with Crippen molar-refractivity contribution in [3.8, 4) is 11.8 Å². The van der Waals surface area contributed by atoms with Gasteiger partial charge < -0.3 is 14.5 Å². The second-order valence-electron chi connectivity index (χ2n) is 17.5. The highest BCUT2D eigenvalue weighted by Crippen LogP contribution is 2.49. The minimum Gasteiger partial charge on any atom is -0.490 e. The summed E-state index contributed by atoms with van der Waals surface area (Å²) in [6.07, 6.45) is 9.12. The van der Waals surface area contributed by atoms with Crippen molar-refractivity contribution in [1.82, 2.24) is 25.1 Å². The summed E-state index contributed by atoms with van der Waals surface area (Å²) in [7, 11) is 0. The fourth-order valence-electron chi connectivity index (χ4n) is 9.83. The number of halogens is 3. The van der Waals surface area contributed by atoms with Gasteiger partial charge in [0.05, 0.1) is 34.9 Å². The van der Waals surface area contributed by atoms with Crippen LogP contribution in [0.25, 0.3) is 0 Å². The van der Waals surface area contributed by atoms with Gasteiger partial charge in [0, 0.05) is 56.5 Å². The molecule has 2 aliphatic carbocycles. The zero-order valence-electron chi connectivity index (χ0n) is 34.6. The molecule has 5 amide bonds. The maximum absolute atomic E-state index is 15.1. The summed E-state index contributed by atoms with van der Waals surface area (Å²) in [5, 5.41) is 12.0. The summed E-state index contributed by atoms with van der Waals surface area (Å²) >= 11 is 9.16. The standard InChI is InChI=1S/C44H44FI2N9O6S/c1-24(2)53(27-16-30(17-27)62-29-5-6-31-32(19-29)40(60)55(39(31)59)35-7-9-37(57)51-38(35)58)23-25-10-14-52(15-11-25)36-8-4-26(21-50-36)56-42(63)54(41(61)43(56)12-3-13-43)28-18-33(44(45,46)47)34(20-48)49-22-28/h4-6,8,18-19,21-22,24-25,27,30,35H,3,7,9-17,23H2,1-2H3,(H,51,57,58)/t27-,30-,35?. The number of ether oxygens (including phenoxy) is 1. The van der Waals surface area contributed by atoms with Crippen LogP contribution in [0.15, 0.2) is 48.8 Å². The molecule has 328 valence electrons. The van der Waals surface area contributed by atoms with E-state index < -0.39 is 36.9 Å². The number of carbonyl (C=O) groups excluding carboxylic acids is 5. The molecule has 1 N–H and O–H groups in total. The molecule has 19 heteroatoms. The molecule has 5 fully saturated rings. The number of nitrogens with zero attached hydrogens (tertiary/aromatic N) is 8. The van der Waals surface area contributed by atoms with E-state index in [1.165, 1.54) is 17.2 Å². The van der Waals surface area contributed by atoms with Gasteiger partial charge in [-0.05, 0) is 152 Å². The summed E-state index contributed by atoms with van der Waals surface area (Å²) < 4.78 is 19.5. The van der Waals surface area contributed by atoms with Crippen LogP contribution < -0.4 is 24.8 Å². The van der Waals surface area contributed by atoms with Gasteiger partial charge in [0.25, 0.3) is 17.7 Å². The van der Waals surface area contributed by atoms with Gasteiger partial charge in [0.2, 0.25) is 13.5 Å². The number of piperidine rings is 2. The summed E-state index contributed by atoms with van der Waals surface area (Å²) in [6.45, 7) is 7.13. The van der Waals surface area contributed by atoms with Gasteiger partial charge in [0.15, 0.2) is 5.11 Å². The van der Waals surface area contributed by atoms with E-state index in [-0.39, 0.29) is 52.3 Å². The van der Waals surface area contributed by atoms with Crippen molar-refractivity contribution < 1.29 is 33.1 Å². The van der Waals surface area contributed by atoms with Crippen LogP contribution in [0.4, 0.5) is 21.6 Å². The van der Waals surface area contributed by atoms with Crippen molar-refractivity contribution in [1.29, 1.82) is 5.26 Å². The average molecular weight is 1100 g/mol. The Bertz CT molecular complexity index is 2460. The molecule has 63 heavy (non-hydrogen) atoms. The quantitative estimate of drug-likeness (QED) is 0.0984. The number of anilines is 3. The summed E-state index contributed by atoms with van der Waals surface area (Å²) in [4.78, 5) is 82.8. The van der Waals surface area contributed by atoms with E-state index in [1.807, 2.05) is 23.1 Å². The average Bonchev–Trinajstić information content (AvgIpc) is 3.62. The van der Waals surface area contributed by atoms with E-state index in [0.717, 1.165) is 62.5 Å². The third-order valence-corrected chi connectivity index (χ3v) is 15.0. The lowest BCUT2D eigenvalue weighted by Gasteiger charge is -2.46. The van der Waals surface area contributed by atoms with Crippen LogP contribution in [-0.2, 0) is 16.1 Å². The highest BCUT2D eigenvalue weighted by atomic mass is 127. The number of imide groups is 2. The Morgan fingerprint density at radius 3 is 2.33 bits per heavy atom. The van der Waals surface area contributed by atoms with E-state index in [2.05, 4.69) is 33.9 Å². The molecule has 1 aromatic carbocycles. The van der Waals surface area contributed by atoms with Crippen LogP contribution in [0.1, 0.15) is 104 Å². The SMILES string of the molecule is CC(C)N(CC1CCN(c2ccc(N3C(=S)N(c4cnc(C#N)c(C(F)(I)I)c4)C(=O)C34CCC4)cn2)CC1)[C@H]1C[C@H](Oc2ccc3c(c2)C(=O)N(C2CCC(=O)NC2=O)C3=O)C1. The maximum atomic E-state index is 15.1. The molecule has 6 heterocycles. The van der Waals surface area contributed by atoms with Crippen LogP contribution in [0.3, 0.4) is 0 Å². The molecular weight excluding hydrogens is 1060 g/mol. The van der Waals surface area contributed by atoms with Gasteiger partial charge in [0.1, 0.15) is 41.0 Å². The normalized spacial score (nSPS) is 23.7. The molecule has 15 nitrogen and oxygen atoms in total. The number of thiocarbonyl (C=S) groups is 1. The summed E-state index contributed by atoms with van der Waals surface area (Å²) in [5.74, 6) is -0.457. The second kappa shape index (κ2) is 16.9. The lowest BCUT2D eigenvalue weighted by molar-refractivity contribution is -0.136. The number of nitriles is 1. The van der Waals surface area contributed by atoms with E-state index in [1.54, 1.807) is 69.6 Å². The van der Waals surface area contributed by atoms with E-state index in [0.29, 0.717) is 48.0 Å². The Balaban J connectivity index is 0.789. The minimum absolute atomic E-state index is 0.0343. The Hall–Kier alpha value is -4.40. The highest BCUT2D eigenvalue weighted by Gasteiger charge is 2.60. The molecule has 1 unspecified atom stereocenters. The van der Waals surface area contributed by atoms with Gasteiger partial charge in [-0.2, -0.15) is 5.26 Å². The van der Waals surface area contributed by atoms with Gasteiger partial charge in [-0.3, -0.25) is 44.0 Å². The first-order chi connectivity index (χ1) is 30.1. The smallest absolute Gasteiger partial charge is 0.262 e.